The molecule has 0 bridgehead atoms. The molecule has 1 aliphatic heterocycles. The van der Waals surface area contributed by atoms with Crippen LogP contribution in [0.25, 0.3) is 0 Å². The maximum Gasteiger partial charge on any atom is 0.231 e. The van der Waals surface area contributed by atoms with Crippen LogP contribution in [0.1, 0.15) is 22.0 Å². The van der Waals surface area contributed by atoms with Crippen LogP contribution in [0.5, 0.6) is 11.5 Å². The Morgan fingerprint density at radius 2 is 1.79 bits per heavy atom. The van der Waals surface area contributed by atoms with E-state index in [0.29, 0.717) is 22.6 Å². The van der Waals surface area contributed by atoms with Crippen LogP contribution in [0.4, 0.5) is 0 Å². The van der Waals surface area contributed by atoms with Gasteiger partial charge in [0.2, 0.25) is 6.79 Å². The minimum Gasteiger partial charge on any atom is -0.454 e. The van der Waals surface area contributed by atoms with Gasteiger partial charge in [-0.1, -0.05) is 30.3 Å². The van der Waals surface area contributed by atoms with E-state index in [2.05, 4.69) is 0 Å². The summed E-state index contributed by atoms with van der Waals surface area (Å²) in [5.74, 6) is 0.793. The molecular weight excluding hydrogens is 244 g/mol. The number of hydrogen-bond acceptors (Lipinski definition) is 4. The first-order valence-electron chi connectivity index (χ1n) is 5.92. The molecule has 2 aromatic rings. The van der Waals surface area contributed by atoms with E-state index in [0.717, 1.165) is 0 Å². The van der Waals surface area contributed by atoms with Gasteiger partial charge in [0.25, 0.3) is 0 Å². The van der Waals surface area contributed by atoms with E-state index < -0.39 is 6.10 Å². The first-order chi connectivity index (χ1) is 9.25. The third-order valence-corrected chi connectivity index (χ3v) is 3.02. The Labute approximate surface area is 110 Å². The van der Waals surface area contributed by atoms with Crippen molar-refractivity contribution in [3.05, 3.63) is 59.7 Å². The summed E-state index contributed by atoms with van der Waals surface area (Å²) in [5, 5.41) is 10.1. The molecule has 0 saturated carbocycles. The van der Waals surface area contributed by atoms with Crippen LogP contribution < -0.4 is 9.47 Å². The Balaban J connectivity index is 1.88. The van der Waals surface area contributed by atoms with Crippen molar-refractivity contribution in [2.75, 3.05) is 6.79 Å². The molecule has 19 heavy (non-hydrogen) atoms. The van der Waals surface area contributed by atoms with Crippen molar-refractivity contribution in [2.24, 2.45) is 0 Å². The van der Waals surface area contributed by atoms with Gasteiger partial charge in [0, 0.05) is 5.56 Å². The maximum atomic E-state index is 12.2. The van der Waals surface area contributed by atoms with Crippen LogP contribution in [-0.2, 0) is 0 Å². The lowest BCUT2D eigenvalue weighted by molar-refractivity contribution is 0.0747. The van der Waals surface area contributed by atoms with E-state index in [-0.39, 0.29) is 12.6 Å². The van der Waals surface area contributed by atoms with Gasteiger partial charge in [0.05, 0.1) is 0 Å². The zero-order valence-corrected chi connectivity index (χ0v) is 10.1. The third kappa shape index (κ3) is 2.18. The topological polar surface area (TPSA) is 55.8 Å². The fraction of sp³-hybridized carbons (Fsp3) is 0.133. The molecule has 1 atom stereocenters. The number of ketones is 1. The van der Waals surface area contributed by atoms with Crippen molar-refractivity contribution in [3.8, 4) is 11.5 Å². The summed E-state index contributed by atoms with van der Waals surface area (Å²) in [5.41, 5.74) is 0.978. The molecule has 1 aliphatic rings. The first kappa shape index (κ1) is 11.7. The number of aliphatic hydroxyl groups excluding tert-OH is 1. The van der Waals surface area contributed by atoms with Crippen molar-refractivity contribution in [1.82, 2.24) is 0 Å². The zero-order chi connectivity index (χ0) is 13.2. The van der Waals surface area contributed by atoms with Crippen LogP contribution in [-0.4, -0.2) is 17.7 Å². The molecule has 1 heterocycles. The average molecular weight is 256 g/mol. The van der Waals surface area contributed by atoms with Gasteiger partial charge in [-0.3, -0.25) is 4.79 Å². The fourth-order valence-electron chi connectivity index (χ4n) is 1.99. The minimum absolute atomic E-state index is 0.161. The lowest BCUT2D eigenvalue weighted by Crippen LogP contribution is -2.12. The summed E-state index contributed by atoms with van der Waals surface area (Å²) in [6.07, 6.45) is -1.17. The Hall–Kier alpha value is -2.33. The number of benzene rings is 2. The van der Waals surface area contributed by atoms with Gasteiger partial charge in [-0.2, -0.15) is 0 Å². The van der Waals surface area contributed by atoms with E-state index >= 15 is 0 Å². The number of Topliss-reactive ketones (excluding diaryl/α,β-unsaturated/α-hetero) is 1. The lowest BCUT2D eigenvalue weighted by Gasteiger charge is -2.10. The Morgan fingerprint density at radius 1 is 1.05 bits per heavy atom. The molecular formula is C15H12O4. The molecule has 0 saturated heterocycles. The maximum absolute atomic E-state index is 12.2. The van der Waals surface area contributed by atoms with Gasteiger partial charge >= 0.3 is 0 Å². The highest BCUT2D eigenvalue weighted by Gasteiger charge is 2.22. The summed E-state index contributed by atoms with van der Waals surface area (Å²) in [6, 6.07) is 13.7. The molecule has 0 fully saturated rings. The monoisotopic (exact) mass is 256 g/mol. The Bertz CT molecular complexity index is 607. The fourth-order valence-corrected chi connectivity index (χ4v) is 1.99. The molecule has 0 spiro atoms. The smallest absolute Gasteiger partial charge is 0.231 e. The molecule has 0 amide bonds. The van der Waals surface area contributed by atoms with Crippen molar-refractivity contribution in [1.29, 1.82) is 0 Å². The second kappa shape index (κ2) is 4.74. The van der Waals surface area contributed by atoms with Crippen molar-refractivity contribution < 1.29 is 19.4 Å². The summed E-state index contributed by atoms with van der Waals surface area (Å²) >= 11 is 0. The molecule has 4 heteroatoms. The van der Waals surface area contributed by atoms with Gasteiger partial charge in [-0.05, 0) is 23.8 Å². The van der Waals surface area contributed by atoms with E-state index in [4.69, 9.17) is 9.47 Å². The zero-order valence-electron chi connectivity index (χ0n) is 10.1. The van der Waals surface area contributed by atoms with Gasteiger partial charge in [-0.15, -0.1) is 0 Å². The van der Waals surface area contributed by atoms with Crippen molar-refractivity contribution in [2.45, 2.75) is 6.10 Å². The molecule has 1 unspecified atom stereocenters. The molecule has 0 aliphatic carbocycles. The van der Waals surface area contributed by atoms with Crippen molar-refractivity contribution in [3.63, 3.8) is 0 Å². The highest BCUT2D eigenvalue weighted by Crippen LogP contribution is 2.33. The summed E-state index contributed by atoms with van der Waals surface area (Å²) in [6.45, 7) is 0.161. The molecule has 4 nitrogen and oxygen atoms in total. The second-order valence-corrected chi connectivity index (χ2v) is 4.25. The van der Waals surface area contributed by atoms with E-state index in [9.17, 15) is 9.90 Å². The number of carbonyl (C=O) groups excluding carboxylic acids is 1. The van der Waals surface area contributed by atoms with Crippen LogP contribution in [0.2, 0.25) is 0 Å². The quantitative estimate of drug-likeness (QED) is 0.856. The second-order valence-electron chi connectivity index (χ2n) is 4.25. The third-order valence-electron chi connectivity index (χ3n) is 3.02. The number of fused-ring (bicyclic) bond motifs is 1. The average Bonchev–Trinajstić information content (AvgIpc) is 2.94. The number of carbonyl (C=O) groups is 1. The van der Waals surface area contributed by atoms with Crippen LogP contribution in [0.15, 0.2) is 48.5 Å². The van der Waals surface area contributed by atoms with Crippen molar-refractivity contribution >= 4 is 5.78 Å². The molecule has 0 radical (unpaired) electrons. The van der Waals surface area contributed by atoms with Crippen LogP contribution >= 0.6 is 0 Å². The predicted molar refractivity (Wildman–Crippen MR) is 68.3 cm³/mol. The SMILES string of the molecule is O=C(c1ccc2c(c1)OCO2)C(O)c1ccccc1. The number of hydrogen-bond donors (Lipinski definition) is 1. The van der Waals surface area contributed by atoms with E-state index in [1.165, 1.54) is 0 Å². The number of rotatable bonds is 3. The van der Waals surface area contributed by atoms with Gasteiger partial charge < -0.3 is 14.6 Å². The molecule has 1 N–H and O–H groups in total. The predicted octanol–water partition coefficient (Wildman–Crippen LogP) is 2.33. The minimum atomic E-state index is -1.17. The largest absolute Gasteiger partial charge is 0.454 e. The summed E-state index contributed by atoms with van der Waals surface area (Å²) in [4.78, 5) is 12.2. The Morgan fingerprint density at radius 3 is 2.58 bits per heavy atom. The van der Waals surface area contributed by atoms with E-state index in [1.54, 1.807) is 42.5 Å². The van der Waals surface area contributed by atoms with Crippen LogP contribution in [0, 0.1) is 0 Å². The molecule has 3 rings (SSSR count). The normalized spacial score (nSPS) is 14.2. The van der Waals surface area contributed by atoms with Gasteiger partial charge in [-0.25, -0.2) is 0 Å². The standard InChI is InChI=1S/C15H12O4/c16-14(10-4-2-1-3-5-10)15(17)11-6-7-12-13(8-11)19-9-18-12/h1-8,14,16H,9H2. The molecule has 0 aromatic heterocycles. The van der Waals surface area contributed by atoms with Gasteiger partial charge in [0.1, 0.15) is 6.10 Å². The summed E-state index contributed by atoms with van der Waals surface area (Å²) in [7, 11) is 0. The number of ether oxygens (including phenoxy) is 2. The summed E-state index contributed by atoms with van der Waals surface area (Å²) < 4.78 is 10.4. The molecule has 2 aromatic carbocycles. The number of aliphatic hydroxyl groups is 1. The Kier molecular flexibility index (Phi) is 2.93. The molecule has 96 valence electrons. The highest BCUT2D eigenvalue weighted by atomic mass is 16.7. The highest BCUT2D eigenvalue weighted by molar-refractivity contribution is 6.00. The van der Waals surface area contributed by atoms with Crippen LogP contribution in [0.3, 0.4) is 0 Å². The van der Waals surface area contributed by atoms with E-state index in [1.807, 2.05) is 6.07 Å². The lowest BCUT2D eigenvalue weighted by atomic mass is 10.00. The van der Waals surface area contributed by atoms with Gasteiger partial charge in [0.15, 0.2) is 17.3 Å². The first-order valence-corrected chi connectivity index (χ1v) is 5.92.